The number of nitrogens with one attached hydrogen (secondary N) is 1. The number of carboxylic acids is 1. The number of hydrogen-bond acceptors (Lipinski definition) is 7. The Morgan fingerprint density at radius 2 is 1.73 bits per heavy atom. The number of hydrazone groups is 1. The number of carboxylic acid groups (broad SMARTS) is 1. The van der Waals surface area contributed by atoms with Crippen molar-refractivity contribution < 1.29 is 33.6 Å². The molecule has 0 aliphatic heterocycles. The molecule has 1 amide bonds. The summed E-state index contributed by atoms with van der Waals surface area (Å²) in [7, 11) is 0. The summed E-state index contributed by atoms with van der Waals surface area (Å²) >= 11 is 2.02. The van der Waals surface area contributed by atoms with E-state index in [4.69, 9.17) is 24.1 Å². The van der Waals surface area contributed by atoms with Gasteiger partial charge in [0.1, 0.15) is 0 Å². The number of rotatable bonds is 13. The van der Waals surface area contributed by atoms with Crippen LogP contribution in [-0.2, 0) is 4.79 Å². The zero-order chi connectivity index (χ0) is 24.2. The topological polar surface area (TPSA) is 116 Å². The van der Waals surface area contributed by atoms with Crippen molar-refractivity contribution >= 4 is 40.7 Å². The van der Waals surface area contributed by atoms with Crippen LogP contribution in [0.25, 0.3) is 0 Å². The number of benzene rings is 2. The smallest absolute Gasteiger partial charge is 0.341 e. The van der Waals surface area contributed by atoms with E-state index < -0.39 is 18.5 Å². The molecule has 0 atom stereocenters. The molecule has 2 N–H and O–H groups in total. The lowest BCUT2D eigenvalue weighted by molar-refractivity contribution is -0.139. The standard InChI is InChI=1S/C23H27IN2O7/c1-4-9-32-18-8-7-16(12-19(18)30-5-2)23(29)26-25-13-15-10-17(24)22(33-14-21(27)28)20(11-15)31-6-3/h7-8,10-13H,4-6,9,14H2,1-3H3,(H,26,29)(H,27,28)/b25-13+. The van der Waals surface area contributed by atoms with Crippen molar-refractivity contribution in [1.29, 1.82) is 0 Å². The van der Waals surface area contributed by atoms with Crippen LogP contribution in [0.2, 0.25) is 0 Å². The van der Waals surface area contributed by atoms with Crippen molar-refractivity contribution in [2.75, 3.05) is 26.4 Å². The molecule has 9 nitrogen and oxygen atoms in total. The van der Waals surface area contributed by atoms with Crippen LogP contribution in [0.15, 0.2) is 35.4 Å². The van der Waals surface area contributed by atoms with Gasteiger partial charge in [-0.3, -0.25) is 4.79 Å². The van der Waals surface area contributed by atoms with Crippen LogP contribution in [-0.4, -0.2) is 49.6 Å². The Bertz CT molecular complexity index is 995. The molecule has 178 valence electrons. The van der Waals surface area contributed by atoms with Crippen LogP contribution in [0.5, 0.6) is 23.0 Å². The number of amides is 1. The van der Waals surface area contributed by atoms with Crippen molar-refractivity contribution in [1.82, 2.24) is 5.43 Å². The highest BCUT2D eigenvalue weighted by Crippen LogP contribution is 2.34. The molecule has 0 fully saturated rings. The highest BCUT2D eigenvalue weighted by Gasteiger charge is 2.14. The third-order valence-electron chi connectivity index (χ3n) is 4.02. The second-order valence-electron chi connectivity index (χ2n) is 6.59. The fourth-order valence-electron chi connectivity index (χ4n) is 2.68. The van der Waals surface area contributed by atoms with Gasteiger partial charge in [-0.15, -0.1) is 0 Å². The van der Waals surface area contributed by atoms with Crippen LogP contribution in [0.1, 0.15) is 43.1 Å². The van der Waals surface area contributed by atoms with Gasteiger partial charge in [0.2, 0.25) is 0 Å². The largest absolute Gasteiger partial charge is 0.490 e. The molecule has 2 aromatic rings. The minimum Gasteiger partial charge on any atom is -0.490 e. The highest BCUT2D eigenvalue weighted by atomic mass is 127. The van der Waals surface area contributed by atoms with Gasteiger partial charge in [-0.25, -0.2) is 10.2 Å². The number of aliphatic carboxylic acids is 1. The lowest BCUT2D eigenvalue weighted by atomic mass is 10.2. The second-order valence-corrected chi connectivity index (χ2v) is 7.75. The summed E-state index contributed by atoms with van der Waals surface area (Å²) in [6, 6.07) is 8.35. The Morgan fingerprint density at radius 3 is 2.39 bits per heavy atom. The van der Waals surface area contributed by atoms with Crippen LogP contribution in [0.3, 0.4) is 0 Å². The second kappa shape index (κ2) is 13.5. The Balaban J connectivity index is 2.14. The Kier molecular flexibility index (Phi) is 10.7. The Morgan fingerprint density at radius 1 is 1.00 bits per heavy atom. The van der Waals surface area contributed by atoms with Crippen LogP contribution in [0, 0.1) is 3.57 Å². The van der Waals surface area contributed by atoms with Gasteiger partial charge in [0.15, 0.2) is 29.6 Å². The van der Waals surface area contributed by atoms with E-state index in [0.29, 0.717) is 57.5 Å². The normalized spacial score (nSPS) is 10.7. The molecule has 2 aromatic carbocycles. The van der Waals surface area contributed by atoms with Gasteiger partial charge in [0, 0.05) is 5.56 Å². The summed E-state index contributed by atoms with van der Waals surface area (Å²) in [6.07, 6.45) is 2.32. The molecule has 0 aliphatic rings. The summed E-state index contributed by atoms with van der Waals surface area (Å²) in [6.45, 7) is 6.56. The monoisotopic (exact) mass is 570 g/mol. The lowest BCUT2D eigenvalue weighted by Gasteiger charge is -2.13. The van der Waals surface area contributed by atoms with Crippen molar-refractivity contribution in [3.05, 3.63) is 45.0 Å². The molecular formula is C23H27IN2O7. The average Bonchev–Trinajstić information content (AvgIpc) is 2.77. The first-order valence-electron chi connectivity index (χ1n) is 10.4. The van der Waals surface area contributed by atoms with Crippen LogP contribution < -0.4 is 24.4 Å². The SMILES string of the molecule is CCCOc1ccc(C(=O)N/N=C/c2cc(I)c(OCC(=O)O)c(OCC)c2)cc1OCC. The lowest BCUT2D eigenvalue weighted by Crippen LogP contribution is -2.18. The summed E-state index contributed by atoms with van der Waals surface area (Å²) in [4.78, 5) is 23.4. The molecule has 10 heteroatoms. The fraction of sp³-hybridized carbons (Fsp3) is 0.348. The van der Waals surface area contributed by atoms with Crippen molar-refractivity contribution in [2.24, 2.45) is 5.10 Å². The van der Waals surface area contributed by atoms with E-state index in [-0.39, 0.29) is 0 Å². The van der Waals surface area contributed by atoms with Crippen LogP contribution >= 0.6 is 22.6 Å². The van der Waals surface area contributed by atoms with E-state index in [0.717, 1.165) is 6.42 Å². The molecule has 0 saturated carbocycles. The summed E-state index contributed by atoms with van der Waals surface area (Å²) in [5.74, 6) is 0.323. The molecule has 33 heavy (non-hydrogen) atoms. The van der Waals surface area contributed by atoms with E-state index in [9.17, 15) is 9.59 Å². The molecule has 0 radical (unpaired) electrons. The first-order chi connectivity index (χ1) is 15.9. The highest BCUT2D eigenvalue weighted by molar-refractivity contribution is 14.1. The van der Waals surface area contributed by atoms with Crippen molar-refractivity contribution in [3.63, 3.8) is 0 Å². The molecule has 0 spiro atoms. The van der Waals surface area contributed by atoms with E-state index in [1.54, 1.807) is 30.3 Å². The van der Waals surface area contributed by atoms with E-state index >= 15 is 0 Å². The van der Waals surface area contributed by atoms with Gasteiger partial charge in [-0.1, -0.05) is 6.92 Å². The third kappa shape index (κ3) is 8.12. The van der Waals surface area contributed by atoms with Gasteiger partial charge >= 0.3 is 5.97 Å². The predicted octanol–water partition coefficient (Wildman–Crippen LogP) is 4.10. The molecular weight excluding hydrogens is 543 g/mol. The number of nitrogens with zero attached hydrogens (tertiary/aromatic N) is 1. The number of ether oxygens (including phenoxy) is 4. The maximum atomic E-state index is 12.5. The fourth-order valence-corrected chi connectivity index (χ4v) is 3.46. The van der Waals surface area contributed by atoms with Gasteiger partial charge in [-0.2, -0.15) is 5.10 Å². The molecule has 0 heterocycles. The minimum atomic E-state index is -1.08. The van der Waals surface area contributed by atoms with E-state index in [1.165, 1.54) is 6.21 Å². The van der Waals surface area contributed by atoms with E-state index in [1.807, 2.05) is 43.4 Å². The number of carbonyl (C=O) groups is 2. The van der Waals surface area contributed by atoms with Gasteiger partial charge in [-0.05, 0) is 78.8 Å². The average molecular weight is 570 g/mol. The predicted molar refractivity (Wildman–Crippen MR) is 132 cm³/mol. The maximum absolute atomic E-state index is 12.5. The van der Waals surface area contributed by atoms with Gasteiger partial charge < -0.3 is 24.1 Å². The molecule has 0 saturated heterocycles. The van der Waals surface area contributed by atoms with Crippen molar-refractivity contribution in [2.45, 2.75) is 27.2 Å². The number of halogens is 1. The molecule has 0 aliphatic carbocycles. The molecule has 0 unspecified atom stereocenters. The Labute approximate surface area is 206 Å². The van der Waals surface area contributed by atoms with Gasteiger partial charge in [0.05, 0.1) is 29.6 Å². The van der Waals surface area contributed by atoms with E-state index in [2.05, 4.69) is 10.5 Å². The quantitative estimate of drug-likeness (QED) is 0.212. The summed E-state index contributed by atoms with van der Waals surface area (Å²) in [5.41, 5.74) is 3.51. The number of carbonyl (C=O) groups excluding carboxylic acids is 1. The summed E-state index contributed by atoms with van der Waals surface area (Å²) in [5, 5.41) is 12.9. The molecule has 2 rings (SSSR count). The van der Waals surface area contributed by atoms with Crippen molar-refractivity contribution in [3.8, 4) is 23.0 Å². The first kappa shape index (κ1) is 26.2. The van der Waals surface area contributed by atoms with Gasteiger partial charge in [0.25, 0.3) is 5.91 Å². The molecule has 0 bridgehead atoms. The Hall–Kier alpha value is -3.02. The third-order valence-corrected chi connectivity index (χ3v) is 4.82. The summed E-state index contributed by atoms with van der Waals surface area (Å²) < 4.78 is 22.8. The van der Waals surface area contributed by atoms with Crippen LogP contribution in [0.4, 0.5) is 0 Å². The maximum Gasteiger partial charge on any atom is 0.341 e. The zero-order valence-corrected chi connectivity index (χ0v) is 20.9. The zero-order valence-electron chi connectivity index (χ0n) is 18.7. The first-order valence-corrected chi connectivity index (χ1v) is 11.5. The molecule has 0 aromatic heterocycles. The minimum absolute atomic E-state index is 0.342. The number of hydrogen-bond donors (Lipinski definition) is 2.